The quantitative estimate of drug-likeness (QED) is 0.396. The Morgan fingerprint density at radius 1 is 0.971 bits per heavy atom. The van der Waals surface area contributed by atoms with Gasteiger partial charge in [-0.15, -0.1) is 11.3 Å². The summed E-state index contributed by atoms with van der Waals surface area (Å²) in [5.41, 5.74) is 3.42. The van der Waals surface area contributed by atoms with Gasteiger partial charge in [0.15, 0.2) is 11.5 Å². The maximum atomic E-state index is 13.5. The molecule has 2 N–H and O–H groups in total. The number of carbonyl (C=O) groups excluding carboxylic acids is 1. The standard InChI is InChI=1S/C26H30N2O5S/c1-5-33-19-11-7-6-10-18(19)28-25(29)22-17-9-8-12-21(17)34-26(22)27-15-16-13-14-20(30-2)24(32-4)23(16)31-3/h6-7,10-11,13-14,27H,5,8-9,12,15H2,1-4H3,(H,28,29). The number of carbonyl (C=O) groups is 1. The van der Waals surface area contributed by atoms with Gasteiger partial charge < -0.3 is 29.6 Å². The molecule has 0 spiro atoms. The molecule has 3 aromatic rings. The number of anilines is 2. The van der Waals surface area contributed by atoms with E-state index in [0.717, 1.165) is 35.4 Å². The summed E-state index contributed by atoms with van der Waals surface area (Å²) in [5, 5.41) is 7.40. The summed E-state index contributed by atoms with van der Waals surface area (Å²) in [4.78, 5) is 14.7. The van der Waals surface area contributed by atoms with Crippen molar-refractivity contribution in [3.05, 3.63) is 58.0 Å². The van der Waals surface area contributed by atoms with Crippen molar-refractivity contribution in [2.45, 2.75) is 32.7 Å². The van der Waals surface area contributed by atoms with Gasteiger partial charge in [0.2, 0.25) is 5.75 Å². The van der Waals surface area contributed by atoms with Crippen LogP contribution in [0.4, 0.5) is 10.7 Å². The molecular weight excluding hydrogens is 452 g/mol. The topological polar surface area (TPSA) is 78.1 Å². The number of ether oxygens (including phenoxy) is 4. The first-order valence-electron chi connectivity index (χ1n) is 11.3. The van der Waals surface area contributed by atoms with Gasteiger partial charge in [-0.1, -0.05) is 12.1 Å². The fourth-order valence-corrected chi connectivity index (χ4v) is 5.57. The second-order valence-electron chi connectivity index (χ2n) is 7.79. The predicted molar refractivity (Wildman–Crippen MR) is 135 cm³/mol. The molecule has 1 heterocycles. The number of hydrogen-bond donors (Lipinski definition) is 2. The number of benzene rings is 2. The average Bonchev–Trinajstić information content (AvgIpc) is 3.44. The van der Waals surface area contributed by atoms with Crippen LogP contribution in [0.5, 0.6) is 23.0 Å². The van der Waals surface area contributed by atoms with Gasteiger partial charge in [-0.3, -0.25) is 4.79 Å². The van der Waals surface area contributed by atoms with Crippen molar-refractivity contribution >= 4 is 27.9 Å². The number of para-hydroxylation sites is 2. The zero-order chi connectivity index (χ0) is 24.1. The molecule has 1 aromatic heterocycles. The van der Waals surface area contributed by atoms with E-state index in [1.165, 1.54) is 4.88 Å². The molecule has 1 aliphatic rings. The zero-order valence-electron chi connectivity index (χ0n) is 19.9. The molecule has 0 saturated carbocycles. The van der Waals surface area contributed by atoms with E-state index < -0.39 is 0 Å². The van der Waals surface area contributed by atoms with Gasteiger partial charge in [-0.05, 0) is 56.0 Å². The first-order valence-corrected chi connectivity index (χ1v) is 12.1. The molecule has 0 aliphatic heterocycles. The summed E-state index contributed by atoms with van der Waals surface area (Å²) in [5.74, 6) is 2.29. The van der Waals surface area contributed by atoms with Crippen molar-refractivity contribution < 1.29 is 23.7 Å². The Labute approximate surface area is 204 Å². The third-order valence-electron chi connectivity index (χ3n) is 5.81. The first-order chi connectivity index (χ1) is 16.6. The van der Waals surface area contributed by atoms with Gasteiger partial charge in [-0.2, -0.15) is 0 Å². The predicted octanol–water partition coefficient (Wildman–Crippen LogP) is 5.53. The van der Waals surface area contributed by atoms with Crippen LogP contribution in [0.1, 0.15) is 39.7 Å². The number of rotatable bonds is 10. The average molecular weight is 483 g/mol. The van der Waals surface area contributed by atoms with E-state index in [4.69, 9.17) is 18.9 Å². The van der Waals surface area contributed by atoms with Crippen LogP contribution < -0.4 is 29.6 Å². The molecule has 0 unspecified atom stereocenters. The largest absolute Gasteiger partial charge is 0.493 e. The molecule has 0 fully saturated rings. The molecule has 7 nitrogen and oxygen atoms in total. The minimum Gasteiger partial charge on any atom is -0.493 e. The number of nitrogens with one attached hydrogen (secondary N) is 2. The Hall–Kier alpha value is -3.39. The summed E-state index contributed by atoms with van der Waals surface area (Å²) < 4.78 is 22.2. The van der Waals surface area contributed by atoms with Crippen molar-refractivity contribution in [1.82, 2.24) is 0 Å². The van der Waals surface area contributed by atoms with Crippen molar-refractivity contribution in [2.24, 2.45) is 0 Å². The summed E-state index contributed by atoms with van der Waals surface area (Å²) in [6.45, 7) is 2.92. The van der Waals surface area contributed by atoms with Gasteiger partial charge in [0.05, 0.1) is 39.2 Å². The molecule has 0 saturated heterocycles. The lowest BCUT2D eigenvalue weighted by molar-refractivity contribution is 0.102. The summed E-state index contributed by atoms with van der Waals surface area (Å²) >= 11 is 1.65. The first kappa shape index (κ1) is 23.8. The van der Waals surface area contributed by atoms with Crippen LogP contribution in [-0.2, 0) is 19.4 Å². The normalized spacial score (nSPS) is 12.1. The van der Waals surface area contributed by atoms with Crippen molar-refractivity contribution in [2.75, 3.05) is 38.6 Å². The monoisotopic (exact) mass is 482 g/mol. The number of methoxy groups -OCH3 is 3. The van der Waals surface area contributed by atoms with Gasteiger partial charge in [0.1, 0.15) is 10.8 Å². The Kier molecular flexibility index (Phi) is 7.47. The molecule has 8 heteroatoms. The van der Waals surface area contributed by atoms with Gasteiger partial charge in [-0.25, -0.2) is 0 Å². The molecule has 180 valence electrons. The Morgan fingerprint density at radius 2 is 1.76 bits per heavy atom. The van der Waals surface area contributed by atoms with Crippen molar-refractivity contribution in [3.63, 3.8) is 0 Å². The highest BCUT2D eigenvalue weighted by Crippen LogP contribution is 2.42. The van der Waals surface area contributed by atoms with E-state index >= 15 is 0 Å². The van der Waals surface area contributed by atoms with E-state index in [-0.39, 0.29) is 5.91 Å². The lowest BCUT2D eigenvalue weighted by atomic mass is 10.1. The van der Waals surface area contributed by atoms with Crippen LogP contribution in [0.15, 0.2) is 36.4 Å². The van der Waals surface area contributed by atoms with Crippen LogP contribution in [0.2, 0.25) is 0 Å². The number of amides is 1. The van der Waals surface area contributed by atoms with Crippen LogP contribution in [0, 0.1) is 0 Å². The maximum absolute atomic E-state index is 13.5. The maximum Gasteiger partial charge on any atom is 0.259 e. The summed E-state index contributed by atoms with van der Waals surface area (Å²) in [7, 11) is 4.79. The highest BCUT2D eigenvalue weighted by Gasteiger charge is 2.27. The van der Waals surface area contributed by atoms with E-state index in [9.17, 15) is 4.79 Å². The minimum absolute atomic E-state index is 0.131. The van der Waals surface area contributed by atoms with Crippen LogP contribution in [-0.4, -0.2) is 33.8 Å². The van der Waals surface area contributed by atoms with Gasteiger partial charge >= 0.3 is 0 Å². The third-order valence-corrected chi connectivity index (χ3v) is 7.06. The third kappa shape index (κ3) is 4.63. The lowest BCUT2D eigenvalue weighted by Crippen LogP contribution is -2.16. The van der Waals surface area contributed by atoms with Crippen LogP contribution in [0.25, 0.3) is 0 Å². The SMILES string of the molecule is CCOc1ccccc1NC(=O)c1c(NCc2ccc(OC)c(OC)c2OC)sc2c1CCC2. The Balaban J connectivity index is 1.61. The molecular formula is C26H30N2O5S. The lowest BCUT2D eigenvalue weighted by Gasteiger charge is -2.17. The molecule has 2 aromatic carbocycles. The highest BCUT2D eigenvalue weighted by atomic mass is 32.1. The molecule has 34 heavy (non-hydrogen) atoms. The molecule has 0 atom stereocenters. The van der Waals surface area contributed by atoms with Crippen molar-refractivity contribution in [3.8, 4) is 23.0 Å². The highest BCUT2D eigenvalue weighted by molar-refractivity contribution is 7.16. The van der Waals surface area contributed by atoms with Gasteiger partial charge in [0, 0.05) is 17.0 Å². The molecule has 4 rings (SSSR count). The Morgan fingerprint density at radius 3 is 2.50 bits per heavy atom. The van der Waals surface area contributed by atoms with E-state index in [1.807, 2.05) is 43.3 Å². The molecule has 0 bridgehead atoms. The number of thiophene rings is 1. The van der Waals surface area contributed by atoms with Crippen LogP contribution >= 0.6 is 11.3 Å². The fourth-order valence-electron chi connectivity index (χ4n) is 4.28. The molecule has 1 amide bonds. The second-order valence-corrected chi connectivity index (χ2v) is 8.90. The molecule has 1 aliphatic carbocycles. The van der Waals surface area contributed by atoms with Gasteiger partial charge in [0.25, 0.3) is 5.91 Å². The number of fused-ring (bicyclic) bond motifs is 1. The number of hydrogen-bond acceptors (Lipinski definition) is 7. The van der Waals surface area contributed by atoms with E-state index in [2.05, 4.69) is 10.6 Å². The van der Waals surface area contributed by atoms with Crippen molar-refractivity contribution in [1.29, 1.82) is 0 Å². The summed E-state index contributed by atoms with van der Waals surface area (Å²) in [6, 6.07) is 11.3. The number of aryl methyl sites for hydroxylation is 1. The van der Waals surface area contributed by atoms with Crippen LogP contribution in [0.3, 0.4) is 0 Å². The zero-order valence-corrected chi connectivity index (χ0v) is 20.8. The molecule has 0 radical (unpaired) electrons. The summed E-state index contributed by atoms with van der Waals surface area (Å²) in [6.07, 6.45) is 2.97. The second kappa shape index (κ2) is 10.7. The smallest absolute Gasteiger partial charge is 0.259 e. The minimum atomic E-state index is -0.131. The Bertz CT molecular complexity index is 1170. The van der Waals surface area contributed by atoms with E-state index in [1.54, 1.807) is 32.7 Å². The van der Waals surface area contributed by atoms with E-state index in [0.29, 0.717) is 47.4 Å². The fraction of sp³-hybridized carbons (Fsp3) is 0.346.